The van der Waals surface area contributed by atoms with Gasteiger partial charge >= 0.3 is 0 Å². The van der Waals surface area contributed by atoms with E-state index in [2.05, 4.69) is 30.9 Å². The van der Waals surface area contributed by atoms with Crippen LogP contribution in [0.3, 0.4) is 0 Å². The van der Waals surface area contributed by atoms with Crippen molar-refractivity contribution in [1.29, 1.82) is 0 Å². The van der Waals surface area contributed by atoms with Crippen LogP contribution in [0.1, 0.15) is 24.7 Å². The van der Waals surface area contributed by atoms with Crippen LogP contribution in [0, 0.1) is 0 Å². The van der Waals surface area contributed by atoms with E-state index in [4.69, 9.17) is 11.6 Å². The molecule has 1 aromatic rings. The number of hydrogen-bond donors (Lipinski definition) is 0. The molecule has 1 heterocycles. The lowest BCUT2D eigenvalue weighted by atomic mass is 10.1. The van der Waals surface area contributed by atoms with Gasteiger partial charge in [0.2, 0.25) is 0 Å². The van der Waals surface area contributed by atoms with Gasteiger partial charge in [0.1, 0.15) is 0 Å². The lowest BCUT2D eigenvalue weighted by molar-refractivity contribution is 0.230. The molecule has 0 aliphatic carbocycles. The number of rotatable bonds is 2. The van der Waals surface area contributed by atoms with E-state index < -0.39 is 0 Å². The van der Waals surface area contributed by atoms with Crippen molar-refractivity contribution in [3.8, 4) is 0 Å². The van der Waals surface area contributed by atoms with Gasteiger partial charge in [0.05, 0.1) is 0 Å². The van der Waals surface area contributed by atoms with Crippen molar-refractivity contribution in [2.75, 3.05) is 18.8 Å². The van der Waals surface area contributed by atoms with Crippen LogP contribution in [0.2, 0.25) is 5.02 Å². The molecule has 16 heavy (non-hydrogen) atoms. The van der Waals surface area contributed by atoms with E-state index in [0.29, 0.717) is 11.3 Å². The van der Waals surface area contributed by atoms with Crippen LogP contribution in [-0.2, 0) is 0 Å². The Morgan fingerprint density at radius 1 is 1.38 bits per heavy atom. The van der Waals surface area contributed by atoms with Crippen molar-refractivity contribution in [1.82, 2.24) is 4.90 Å². The maximum atomic E-state index is 6.25. The second-order valence-electron chi connectivity index (χ2n) is 4.47. The first kappa shape index (κ1) is 12.3. The second kappa shape index (κ2) is 5.44. The summed E-state index contributed by atoms with van der Waals surface area (Å²) in [6.07, 6.45) is 0. The predicted octanol–water partition coefficient (Wildman–Crippen LogP) is 3.84. The SMILES string of the molecule is CC(C)N1CCSC(c2ccccc2Cl)C1. The van der Waals surface area contributed by atoms with Crippen molar-refractivity contribution in [3.63, 3.8) is 0 Å². The lowest BCUT2D eigenvalue weighted by Crippen LogP contribution is -2.39. The standard InChI is InChI=1S/C13H18ClNS/c1-10(2)15-7-8-16-13(9-15)11-5-3-4-6-12(11)14/h3-6,10,13H,7-9H2,1-2H3. The Morgan fingerprint density at radius 3 is 2.81 bits per heavy atom. The molecule has 1 unspecified atom stereocenters. The van der Waals surface area contributed by atoms with Crippen LogP contribution in [0.4, 0.5) is 0 Å². The minimum Gasteiger partial charge on any atom is -0.299 e. The third kappa shape index (κ3) is 2.73. The van der Waals surface area contributed by atoms with Gasteiger partial charge in [0, 0.05) is 35.2 Å². The summed E-state index contributed by atoms with van der Waals surface area (Å²) in [5.74, 6) is 1.20. The van der Waals surface area contributed by atoms with Gasteiger partial charge < -0.3 is 0 Å². The molecule has 1 aliphatic heterocycles. The summed E-state index contributed by atoms with van der Waals surface area (Å²) in [6.45, 7) is 6.84. The summed E-state index contributed by atoms with van der Waals surface area (Å²) in [5, 5.41) is 1.44. The molecular weight excluding hydrogens is 238 g/mol. The van der Waals surface area contributed by atoms with Crippen molar-refractivity contribution in [2.24, 2.45) is 0 Å². The molecule has 1 atom stereocenters. The Morgan fingerprint density at radius 2 is 2.12 bits per heavy atom. The lowest BCUT2D eigenvalue weighted by Gasteiger charge is -2.35. The number of hydrogen-bond acceptors (Lipinski definition) is 2. The monoisotopic (exact) mass is 255 g/mol. The van der Waals surface area contributed by atoms with Crippen molar-refractivity contribution in [2.45, 2.75) is 25.1 Å². The number of nitrogens with zero attached hydrogens (tertiary/aromatic N) is 1. The Labute approximate surface area is 107 Å². The van der Waals surface area contributed by atoms with Crippen LogP contribution >= 0.6 is 23.4 Å². The summed E-state index contributed by atoms with van der Waals surface area (Å²) in [4.78, 5) is 2.53. The van der Waals surface area contributed by atoms with Gasteiger partial charge in [-0.2, -0.15) is 11.8 Å². The molecule has 0 N–H and O–H groups in total. The molecule has 2 rings (SSSR count). The van der Waals surface area contributed by atoms with Gasteiger partial charge in [-0.05, 0) is 25.5 Å². The van der Waals surface area contributed by atoms with Gasteiger partial charge in [0.25, 0.3) is 0 Å². The summed E-state index contributed by atoms with van der Waals surface area (Å²) < 4.78 is 0. The summed E-state index contributed by atoms with van der Waals surface area (Å²) >= 11 is 8.28. The van der Waals surface area contributed by atoms with Crippen LogP contribution in [0.5, 0.6) is 0 Å². The highest BCUT2D eigenvalue weighted by molar-refractivity contribution is 7.99. The zero-order valence-corrected chi connectivity index (χ0v) is 11.4. The minimum atomic E-state index is 0.532. The smallest absolute Gasteiger partial charge is 0.0449 e. The molecule has 0 bridgehead atoms. The zero-order chi connectivity index (χ0) is 11.5. The van der Waals surface area contributed by atoms with E-state index in [9.17, 15) is 0 Å². The molecule has 1 saturated heterocycles. The third-order valence-corrected chi connectivity index (χ3v) is 4.65. The zero-order valence-electron chi connectivity index (χ0n) is 9.82. The highest BCUT2D eigenvalue weighted by atomic mass is 35.5. The van der Waals surface area contributed by atoms with E-state index in [1.54, 1.807) is 0 Å². The molecule has 0 amide bonds. The average molecular weight is 256 g/mol. The van der Waals surface area contributed by atoms with Gasteiger partial charge in [-0.15, -0.1) is 0 Å². The van der Waals surface area contributed by atoms with Crippen LogP contribution < -0.4 is 0 Å². The molecular formula is C13H18ClNS. The number of benzene rings is 1. The molecule has 1 aromatic carbocycles. The Hall–Kier alpha value is -0.180. The molecule has 0 radical (unpaired) electrons. The fourth-order valence-electron chi connectivity index (χ4n) is 2.06. The Balaban J connectivity index is 2.13. The molecule has 88 valence electrons. The van der Waals surface area contributed by atoms with E-state index in [-0.39, 0.29) is 0 Å². The summed E-state index contributed by atoms with van der Waals surface area (Å²) in [5.41, 5.74) is 1.29. The predicted molar refractivity (Wildman–Crippen MR) is 73.4 cm³/mol. The van der Waals surface area contributed by atoms with Gasteiger partial charge in [-0.25, -0.2) is 0 Å². The minimum absolute atomic E-state index is 0.532. The van der Waals surface area contributed by atoms with Crippen molar-refractivity contribution in [3.05, 3.63) is 34.9 Å². The maximum Gasteiger partial charge on any atom is 0.0449 e. The van der Waals surface area contributed by atoms with Crippen molar-refractivity contribution < 1.29 is 0 Å². The number of halogens is 1. The van der Waals surface area contributed by atoms with Gasteiger partial charge in [-0.1, -0.05) is 29.8 Å². The fourth-order valence-corrected chi connectivity index (χ4v) is 3.70. The Kier molecular flexibility index (Phi) is 4.17. The highest BCUT2D eigenvalue weighted by Gasteiger charge is 2.24. The number of thioether (sulfide) groups is 1. The summed E-state index contributed by atoms with van der Waals surface area (Å²) in [6, 6.07) is 8.86. The molecule has 3 heteroatoms. The van der Waals surface area contributed by atoms with Gasteiger partial charge in [0.15, 0.2) is 0 Å². The molecule has 1 nitrogen and oxygen atoms in total. The van der Waals surface area contributed by atoms with Crippen LogP contribution in [0.15, 0.2) is 24.3 Å². The first-order chi connectivity index (χ1) is 7.68. The van der Waals surface area contributed by atoms with E-state index in [1.807, 2.05) is 23.9 Å². The summed E-state index contributed by atoms with van der Waals surface area (Å²) in [7, 11) is 0. The quantitative estimate of drug-likeness (QED) is 0.790. The maximum absolute atomic E-state index is 6.25. The normalized spacial score (nSPS) is 22.6. The van der Waals surface area contributed by atoms with E-state index in [1.165, 1.54) is 17.9 Å². The van der Waals surface area contributed by atoms with Gasteiger partial charge in [-0.3, -0.25) is 4.90 Å². The fraction of sp³-hybridized carbons (Fsp3) is 0.538. The molecule has 0 spiro atoms. The molecule has 1 fully saturated rings. The molecule has 0 saturated carbocycles. The van der Waals surface area contributed by atoms with Crippen LogP contribution in [-0.4, -0.2) is 29.8 Å². The average Bonchev–Trinajstić information content (AvgIpc) is 2.30. The first-order valence-electron chi connectivity index (χ1n) is 5.78. The molecule has 0 aromatic heterocycles. The largest absolute Gasteiger partial charge is 0.299 e. The highest BCUT2D eigenvalue weighted by Crippen LogP contribution is 2.37. The first-order valence-corrected chi connectivity index (χ1v) is 7.21. The van der Waals surface area contributed by atoms with Crippen LogP contribution in [0.25, 0.3) is 0 Å². The Bertz CT molecular complexity index is 354. The van der Waals surface area contributed by atoms with E-state index >= 15 is 0 Å². The topological polar surface area (TPSA) is 3.24 Å². The van der Waals surface area contributed by atoms with E-state index in [0.717, 1.165) is 11.6 Å². The second-order valence-corrected chi connectivity index (χ2v) is 6.19. The van der Waals surface area contributed by atoms with Crippen molar-refractivity contribution >= 4 is 23.4 Å². The molecule has 1 aliphatic rings. The third-order valence-electron chi connectivity index (χ3n) is 3.08.